The number of carbonyl (C=O) groups is 2. The number of hydroxylamine groups is 1. The summed E-state index contributed by atoms with van der Waals surface area (Å²) in [6.45, 7) is 1.50. The number of rotatable bonds is 3. The minimum atomic E-state index is -1.33. The van der Waals surface area contributed by atoms with Crippen molar-refractivity contribution in [2.24, 2.45) is 5.10 Å². The second kappa shape index (κ2) is 4.45. The summed E-state index contributed by atoms with van der Waals surface area (Å²) in [7, 11) is 1.48. The van der Waals surface area contributed by atoms with Gasteiger partial charge in [0.15, 0.2) is 5.54 Å². The van der Waals surface area contributed by atoms with Gasteiger partial charge >= 0.3 is 5.97 Å². The molecular weight excluding hydrogens is 250 g/mol. The molecule has 1 atom stereocenters. The summed E-state index contributed by atoms with van der Waals surface area (Å²) in [5.74, 6) is -1.43. The first-order valence-electron chi connectivity index (χ1n) is 5.52. The highest BCUT2D eigenvalue weighted by molar-refractivity contribution is 6.23. The molecule has 0 saturated carbocycles. The summed E-state index contributed by atoms with van der Waals surface area (Å²) in [6.07, 6.45) is 0. The van der Waals surface area contributed by atoms with E-state index in [-0.39, 0.29) is 5.56 Å². The molecule has 1 unspecified atom stereocenters. The number of hydrogen-bond acceptors (Lipinski definition) is 5. The fourth-order valence-corrected chi connectivity index (χ4v) is 1.94. The third-order valence-electron chi connectivity index (χ3n) is 3.07. The second-order valence-corrected chi connectivity index (χ2v) is 4.40. The number of amides is 1. The van der Waals surface area contributed by atoms with Crippen LogP contribution in [0, 0.1) is 0 Å². The third-order valence-corrected chi connectivity index (χ3v) is 3.07. The van der Waals surface area contributed by atoms with Crippen molar-refractivity contribution in [3.63, 3.8) is 0 Å². The topological polar surface area (TPSA) is 102 Å². The molecular formula is C12H13N3O4. The summed E-state index contributed by atoms with van der Waals surface area (Å²) in [6, 6.07) is 5.93. The number of carboxylic acids is 1. The van der Waals surface area contributed by atoms with Crippen LogP contribution in [-0.2, 0) is 4.79 Å². The number of likely N-dealkylation sites (N-methyl/N-ethyl adjacent to an activating group) is 1. The zero-order valence-corrected chi connectivity index (χ0v) is 10.4. The van der Waals surface area contributed by atoms with Gasteiger partial charge in [-0.05, 0) is 19.1 Å². The van der Waals surface area contributed by atoms with Crippen LogP contribution in [0.2, 0.25) is 0 Å². The normalized spacial score (nSPS) is 22.6. The van der Waals surface area contributed by atoms with Crippen molar-refractivity contribution in [2.75, 3.05) is 7.05 Å². The van der Waals surface area contributed by atoms with Crippen LogP contribution >= 0.6 is 0 Å². The van der Waals surface area contributed by atoms with Crippen molar-refractivity contribution in [1.82, 2.24) is 10.5 Å². The smallest absolute Gasteiger partial charge is 0.335 e. The average Bonchev–Trinajstić information content (AvgIpc) is 2.64. The van der Waals surface area contributed by atoms with Gasteiger partial charge < -0.3 is 10.3 Å². The number of nitrogens with one attached hydrogen (secondary N) is 1. The summed E-state index contributed by atoms with van der Waals surface area (Å²) < 4.78 is 0. The van der Waals surface area contributed by atoms with E-state index in [9.17, 15) is 14.8 Å². The molecule has 0 aliphatic carbocycles. The van der Waals surface area contributed by atoms with Gasteiger partial charge in [-0.15, -0.1) is 0 Å². The number of hydrogen-bond donors (Lipinski definition) is 3. The Morgan fingerprint density at radius 2 is 1.95 bits per heavy atom. The van der Waals surface area contributed by atoms with Crippen molar-refractivity contribution < 1.29 is 19.9 Å². The lowest BCUT2D eigenvalue weighted by molar-refractivity contribution is -0.134. The number of nitrogens with zero attached hydrogens (tertiary/aromatic N) is 2. The molecule has 0 fully saturated rings. The Hall–Kier alpha value is -2.25. The highest BCUT2D eigenvalue weighted by Gasteiger charge is 2.46. The monoisotopic (exact) mass is 263 g/mol. The number of carbonyl (C=O) groups excluding carboxylic acids is 1. The molecule has 0 aromatic heterocycles. The van der Waals surface area contributed by atoms with Crippen LogP contribution in [0.4, 0.5) is 0 Å². The van der Waals surface area contributed by atoms with Gasteiger partial charge in [0, 0.05) is 12.6 Å². The van der Waals surface area contributed by atoms with E-state index in [1.54, 1.807) is 12.1 Å². The molecule has 1 aliphatic heterocycles. The van der Waals surface area contributed by atoms with Gasteiger partial charge in [-0.2, -0.15) is 10.6 Å². The molecule has 7 nitrogen and oxygen atoms in total. The highest BCUT2D eigenvalue weighted by atomic mass is 16.5. The minimum absolute atomic E-state index is 0.140. The first kappa shape index (κ1) is 13.2. The van der Waals surface area contributed by atoms with Gasteiger partial charge in [0.1, 0.15) is 0 Å². The maximum Gasteiger partial charge on any atom is 0.335 e. The molecule has 0 spiro atoms. The predicted molar refractivity (Wildman–Crippen MR) is 66.0 cm³/mol. The van der Waals surface area contributed by atoms with E-state index in [4.69, 9.17) is 5.11 Å². The molecule has 1 amide bonds. The Balaban J connectivity index is 2.43. The van der Waals surface area contributed by atoms with Crippen molar-refractivity contribution in [2.45, 2.75) is 12.5 Å². The van der Waals surface area contributed by atoms with Gasteiger partial charge in [-0.1, -0.05) is 12.1 Å². The standard InChI is InChI=1S/C12H13N3O4/c1-12(14-19)9(13-15(2)11(12)18)7-3-5-8(6-4-7)10(16)17/h3-6,14,19H,1-2H3,(H,16,17). The zero-order valence-electron chi connectivity index (χ0n) is 10.4. The Morgan fingerprint density at radius 1 is 1.37 bits per heavy atom. The SMILES string of the molecule is CN1N=C(c2ccc(C(=O)O)cc2)C(C)(NO)C1=O. The predicted octanol–water partition coefficient (Wildman–Crippen LogP) is 0.298. The minimum Gasteiger partial charge on any atom is -0.478 e. The summed E-state index contributed by atoms with van der Waals surface area (Å²) in [5.41, 5.74) is 1.67. The van der Waals surface area contributed by atoms with Crippen LogP contribution in [0.1, 0.15) is 22.8 Å². The Morgan fingerprint density at radius 3 is 2.42 bits per heavy atom. The molecule has 7 heteroatoms. The Kier molecular flexibility index (Phi) is 3.09. The van der Waals surface area contributed by atoms with Crippen LogP contribution in [0.3, 0.4) is 0 Å². The molecule has 1 aromatic rings. The second-order valence-electron chi connectivity index (χ2n) is 4.40. The molecule has 0 saturated heterocycles. The fourth-order valence-electron chi connectivity index (χ4n) is 1.94. The van der Waals surface area contributed by atoms with E-state index < -0.39 is 17.4 Å². The van der Waals surface area contributed by atoms with Gasteiger partial charge in [-0.25, -0.2) is 9.80 Å². The van der Waals surface area contributed by atoms with E-state index in [2.05, 4.69) is 5.10 Å². The van der Waals surface area contributed by atoms with E-state index >= 15 is 0 Å². The Labute approximate surface area is 109 Å². The maximum absolute atomic E-state index is 11.9. The van der Waals surface area contributed by atoms with Crippen LogP contribution < -0.4 is 5.48 Å². The molecule has 1 aliphatic rings. The molecule has 100 valence electrons. The lowest BCUT2D eigenvalue weighted by Gasteiger charge is -2.21. The third kappa shape index (κ3) is 1.98. The van der Waals surface area contributed by atoms with Gasteiger partial charge in [-0.3, -0.25) is 4.79 Å². The van der Waals surface area contributed by atoms with Gasteiger partial charge in [0.25, 0.3) is 5.91 Å². The van der Waals surface area contributed by atoms with Crippen molar-refractivity contribution in [1.29, 1.82) is 0 Å². The van der Waals surface area contributed by atoms with Crippen LogP contribution in [0.15, 0.2) is 29.4 Å². The van der Waals surface area contributed by atoms with E-state index in [1.165, 1.54) is 26.1 Å². The summed E-state index contributed by atoms with van der Waals surface area (Å²) in [4.78, 5) is 22.7. The Bertz CT molecular complexity index is 567. The van der Waals surface area contributed by atoms with Crippen molar-refractivity contribution in [3.05, 3.63) is 35.4 Å². The molecule has 2 rings (SSSR count). The molecule has 1 aromatic carbocycles. The molecule has 1 heterocycles. The van der Waals surface area contributed by atoms with Crippen LogP contribution in [-0.4, -0.2) is 45.5 Å². The number of carboxylic acid groups (broad SMARTS) is 1. The summed E-state index contributed by atoms with van der Waals surface area (Å²) >= 11 is 0. The van der Waals surface area contributed by atoms with Gasteiger partial charge in [0.2, 0.25) is 0 Å². The van der Waals surface area contributed by atoms with Crippen molar-refractivity contribution >= 4 is 17.6 Å². The number of hydrazone groups is 1. The summed E-state index contributed by atoms with van der Waals surface area (Å²) in [5, 5.41) is 23.2. The largest absolute Gasteiger partial charge is 0.478 e. The van der Waals surface area contributed by atoms with Crippen molar-refractivity contribution in [3.8, 4) is 0 Å². The first-order valence-corrected chi connectivity index (χ1v) is 5.52. The number of aromatic carboxylic acids is 1. The molecule has 19 heavy (non-hydrogen) atoms. The van der Waals surface area contributed by atoms with Crippen LogP contribution in [0.25, 0.3) is 0 Å². The fraction of sp³-hybridized carbons (Fsp3) is 0.250. The number of benzene rings is 1. The molecule has 0 bridgehead atoms. The molecule has 3 N–H and O–H groups in total. The zero-order chi connectivity index (χ0) is 14.2. The lowest BCUT2D eigenvalue weighted by atomic mass is 9.91. The maximum atomic E-state index is 11.9. The molecule has 0 radical (unpaired) electrons. The van der Waals surface area contributed by atoms with Crippen LogP contribution in [0.5, 0.6) is 0 Å². The highest BCUT2D eigenvalue weighted by Crippen LogP contribution is 2.23. The van der Waals surface area contributed by atoms with E-state index in [0.717, 1.165) is 5.01 Å². The quantitative estimate of drug-likeness (QED) is 0.681. The van der Waals surface area contributed by atoms with E-state index in [1.807, 2.05) is 5.48 Å². The lowest BCUT2D eigenvalue weighted by Crippen LogP contribution is -2.53. The van der Waals surface area contributed by atoms with E-state index in [0.29, 0.717) is 11.3 Å². The van der Waals surface area contributed by atoms with Gasteiger partial charge in [0.05, 0.1) is 11.3 Å². The first-order chi connectivity index (χ1) is 8.90. The average molecular weight is 263 g/mol.